The Labute approximate surface area is 148 Å². The molecule has 0 bridgehead atoms. The summed E-state index contributed by atoms with van der Waals surface area (Å²) in [5.41, 5.74) is 9.74. The number of nitrogens with zero attached hydrogens (tertiary/aromatic N) is 1. The highest BCUT2D eigenvalue weighted by atomic mass is 35.5. The zero-order chi connectivity index (χ0) is 17.1. The minimum Gasteiger partial charge on any atom is -0.399 e. The van der Waals surface area contributed by atoms with E-state index in [4.69, 9.17) is 22.1 Å². The lowest BCUT2D eigenvalue weighted by Gasteiger charge is -2.37. The van der Waals surface area contributed by atoms with Gasteiger partial charge in [0.1, 0.15) is 0 Å². The molecule has 24 heavy (non-hydrogen) atoms. The molecule has 1 aliphatic heterocycles. The molecule has 1 saturated heterocycles. The van der Waals surface area contributed by atoms with E-state index in [9.17, 15) is 0 Å². The van der Waals surface area contributed by atoms with Gasteiger partial charge in [0.05, 0.1) is 22.9 Å². The molecule has 2 atom stereocenters. The molecule has 128 valence electrons. The number of morpholine rings is 1. The fourth-order valence-electron chi connectivity index (χ4n) is 3.09. The summed E-state index contributed by atoms with van der Waals surface area (Å²) < 4.78 is 5.79. The van der Waals surface area contributed by atoms with Crippen molar-refractivity contribution in [2.45, 2.75) is 32.6 Å². The SMILES string of the molecule is C[C@@H]1CN(c2ccc(NCc3ccc(N)cc3)cc2Cl)C[C@H](C)O1. The molecule has 0 saturated carbocycles. The second-order valence-electron chi connectivity index (χ2n) is 6.42. The number of nitrogen functional groups attached to an aromatic ring is 1. The molecule has 1 heterocycles. The van der Waals surface area contributed by atoms with Gasteiger partial charge in [0.2, 0.25) is 0 Å². The summed E-state index contributed by atoms with van der Waals surface area (Å²) in [6.45, 7) is 6.66. The molecule has 0 unspecified atom stereocenters. The number of rotatable bonds is 4. The number of hydrogen-bond acceptors (Lipinski definition) is 4. The van der Waals surface area contributed by atoms with E-state index in [1.807, 2.05) is 30.3 Å². The van der Waals surface area contributed by atoms with Crippen molar-refractivity contribution in [1.29, 1.82) is 0 Å². The molecule has 1 aliphatic rings. The molecule has 4 nitrogen and oxygen atoms in total. The van der Waals surface area contributed by atoms with Gasteiger partial charge < -0.3 is 20.7 Å². The van der Waals surface area contributed by atoms with Gasteiger partial charge in [-0.05, 0) is 49.7 Å². The summed E-state index contributed by atoms with van der Waals surface area (Å²) in [5, 5.41) is 4.16. The lowest BCUT2D eigenvalue weighted by atomic mass is 10.1. The minimum absolute atomic E-state index is 0.216. The number of ether oxygens (including phenoxy) is 1. The third-order valence-electron chi connectivity index (χ3n) is 4.18. The van der Waals surface area contributed by atoms with Crippen LogP contribution in [0.25, 0.3) is 0 Å². The standard InChI is InChI=1S/C19H24ClN3O/c1-13-11-23(12-14(2)24-13)19-8-7-17(9-18(19)20)22-10-15-3-5-16(21)6-4-15/h3-9,13-14,22H,10-12,21H2,1-2H3/t13-,14+. The van der Waals surface area contributed by atoms with Gasteiger partial charge in [-0.15, -0.1) is 0 Å². The average molecular weight is 346 g/mol. The zero-order valence-corrected chi connectivity index (χ0v) is 14.9. The molecule has 0 aromatic heterocycles. The second-order valence-corrected chi connectivity index (χ2v) is 6.83. The van der Waals surface area contributed by atoms with Gasteiger partial charge in [0.25, 0.3) is 0 Å². The second kappa shape index (κ2) is 7.32. The first kappa shape index (κ1) is 16.9. The molecule has 0 amide bonds. The van der Waals surface area contributed by atoms with Crippen molar-refractivity contribution in [1.82, 2.24) is 0 Å². The van der Waals surface area contributed by atoms with Crippen molar-refractivity contribution in [3.63, 3.8) is 0 Å². The number of nitrogens with two attached hydrogens (primary N) is 1. The van der Waals surface area contributed by atoms with Crippen LogP contribution in [0.15, 0.2) is 42.5 Å². The quantitative estimate of drug-likeness (QED) is 0.817. The number of halogens is 1. The molecular formula is C19H24ClN3O. The van der Waals surface area contributed by atoms with E-state index in [1.165, 1.54) is 5.56 Å². The molecular weight excluding hydrogens is 322 g/mol. The van der Waals surface area contributed by atoms with Crippen LogP contribution < -0.4 is 16.0 Å². The van der Waals surface area contributed by atoms with Crippen molar-refractivity contribution in [2.24, 2.45) is 0 Å². The van der Waals surface area contributed by atoms with Crippen LogP contribution in [0, 0.1) is 0 Å². The predicted octanol–water partition coefficient (Wildman–Crippen LogP) is 4.15. The Morgan fingerprint density at radius 1 is 1.12 bits per heavy atom. The van der Waals surface area contributed by atoms with Crippen LogP contribution in [0.1, 0.15) is 19.4 Å². The first-order valence-corrected chi connectivity index (χ1v) is 8.67. The van der Waals surface area contributed by atoms with Crippen molar-refractivity contribution < 1.29 is 4.74 Å². The van der Waals surface area contributed by atoms with Gasteiger partial charge in [-0.2, -0.15) is 0 Å². The van der Waals surface area contributed by atoms with Gasteiger partial charge in [-0.1, -0.05) is 23.7 Å². The molecule has 1 fully saturated rings. The van der Waals surface area contributed by atoms with Crippen LogP contribution in [-0.2, 0) is 11.3 Å². The highest BCUT2D eigenvalue weighted by Crippen LogP contribution is 2.31. The molecule has 3 N–H and O–H groups in total. The van der Waals surface area contributed by atoms with Crippen molar-refractivity contribution in [2.75, 3.05) is 29.0 Å². The predicted molar refractivity (Wildman–Crippen MR) is 102 cm³/mol. The minimum atomic E-state index is 0.216. The van der Waals surface area contributed by atoms with Crippen molar-refractivity contribution in [3.05, 3.63) is 53.1 Å². The van der Waals surface area contributed by atoms with Crippen LogP contribution in [-0.4, -0.2) is 25.3 Å². The number of nitrogens with one attached hydrogen (secondary N) is 1. The third-order valence-corrected chi connectivity index (χ3v) is 4.49. The zero-order valence-electron chi connectivity index (χ0n) is 14.1. The molecule has 0 aliphatic carbocycles. The normalized spacial score (nSPS) is 20.9. The van der Waals surface area contributed by atoms with Gasteiger partial charge in [0, 0.05) is 31.0 Å². The van der Waals surface area contributed by atoms with Crippen LogP contribution in [0.5, 0.6) is 0 Å². The largest absolute Gasteiger partial charge is 0.399 e. The smallest absolute Gasteiger partial charge is 0.0726 e. The third kappa shape index (κ3) is 4.13. The van der Waals surface area contributed by atoms with Gasteiger partial charge in [-0.3, -0.25) is 0 Å². The first-order chi connectivity index (χ1) is 11.5. The maximum Gasteiger partial charge on any atom is 0.0726 e. The monoisotopic (exact) mass is 345 g/mol. The Kier molecular flexibility index (Phi) is 5.17. The molecule has 2 aromatic rings. The van der Waals surface area contributed by atoms with E-state index in [0.717, 1.165) is 41.7 Å². The van der Waals surface area contributed by atoms with E-state index in [1.54, 1.807) is 0 Å². The molecule has 0 radical (unpaired) electrons. The Balaban J connectivity index is 1.67. The van der Waals surface area contributed by atoms with E-state index in [0.29, 0.717) is 0 Å². The molecule has 0 spiro atoms. The van der Waals surface area contributed by atoms with Crippen LogP contribution >= 0.6 is 11.6 Å². The van der Waals surface area contributed by atoms with Crippen LogP contribution in [0.2, 0.25) is 5.02 Å². The number of hydrogen-bond donors (Lipinski definition) is 2. The topological polar surface area (TPSA) is 50.5 Å². The maximum absolute atomic E-state index is 6.52. The lowest BCUT2D eigenvalue weighted by molar-refractivity contribution is -0.00520. The number of anilines is 3. The summed E-state index contributed by atoms with van der Waals surface area (Å²) in [4.78, 5) is 2.30. The highest BCUT2D eigenvalue weighted by molar-refractivity contribution is 6.33. The summed E-state index contributed by atoms with van der Waals surface area (Å²) in [7, 11) is 0. The molecule has 2 aromatic carbocycles. The van der Waals surface area contributed by atoms with Gasteiger partial charge >= 0.3 is 0 Å². The summed E-state index contributed by atoms with van der Waals surface area (Å²) in [6, 6.07) is 14.0. The summed E-state index contributed by atoms with van der Waals surface area (Å²) >= 11 is 6.52. The summed E-state index contributed by atoms with van der Waals surface area (Å²) in [6.07, 6.45) is 0.432. The number of benzene rings is 2. The van der Waals surface area contributed by atoms with E-state index < -0.39 is 0 Å². The van der Waals surface area contributed by atoms with Gasteiger partial charge in [-0.25, -0.2) is 0 Å². The van der Waals surface area contributed by atoms with Crippen molar-refractivity contribution in [3.8, 4) is 0 Å². The Morgan fingerprint density at radius 2 is 1.79 bits per heavy atom. The van der Waals surface area contributed by atoms with Gasteiger partial charge in [0.15, 0.2) is 0 Å². The van der Waals surface area contributed by atoms with E-state index >= 15 is 0 Å². The lowest BCUT2D eigenvalue weighted by Crippen LogP contribution is -2.45. The van der Waals surface area contributed by atoms with E-state index in [2.05, 4.69) is 36.2 Å². The van der Waals surface area contributed by atoms with Crippen LogP contribution in [0.3, 0.4) is 0 Å². The van der Waals surface area contributed by atoms with Crippen molar-refractivity contribution >= 4 is 28.7 Å². The summed E-state index contributed by atoms with van der Waals surface area (Å²) in [5.74, 6) is 0. The highest BCUT2D eigenvalue weighted by Gasteiger charge is 2.23. The van der Waals surface area contributed by atoms with E-state index in [-0.39, 0.29) is 12.2 Å². The molecule has 3 rings (SSSR count). The molecule has 5 heteroatoms. The Bertz CT molecular complexity index is 680. The fourth-order valence-corrected chi connectivity index (χ4v) is 3.39. The van der Waals surface area contributed by atoms with Crippen LogP contribution in [0.4, 0.5) is 17.1 Å². The Morgan fingerprint density at radius 3 is 2.42 bits per heavy atom. The maximum atomic E-state index is 6.52. The Hall–Kier alpha value is -1.91. The fraction of sp³-hybridized carbons (Fsp3) is 0.368. The average Bonchev–Trinajstić information content (AvgIpc) is 2.53. The first-order valence-electron chi connectivity index (χ1n) is 8.29.